The molecule has 1 aromatic rings. The lowest BCUT2D eigenvalue weighted by Crippen LogP contribution is -2.40. The molecule has 0 amide bonds. The summed E-state index contributed by atoms with van der Waals surface area (Å²) < 4.78 is 0. The topological polar surface area (TPSA) is 26.0 Å². The van der Waals surface area contributed by atoms with Crippen molar-refractivity contribution in [2.24, 2.45) is 5.73 Å². The Morgan fingerprint density at radius 3 is 2.00 bits per heavy atom. The zero-order valence-corrected chi connectivity index (χ0v) is 15.8. The first-order chi connectivity index (χ1) is 9.59. The van der Waals surface area contributed by atoms with Crippen LogP contribution in [0.2, 0.25) is 0 Å². The molecule has 0 aliphatic carbocycles. The molecule has 21 heavy (non-hydrogen) atoms. The largest absolute Gasteiger partial charge is 0.327 e. The predicted molar refractivity (Wildman–Crippen MR) is 100 cm³/mol. The average Bonchev–Trinajstić information content (AvgIpc) is 2.47. The number of benzene rings is 1. The maximum absolute atomic E-state index is 6.45. The van der Waals surface area contributed by atoms with E-state index < -0.39 is 0 Å². The van der Waals surface area contributed by atoms with Crippen LogP contribution in [0.1, 0.15) is 77.7 Å². The van der Waals surface area contributed by atoms with Crippen molar-refractivity contribution in [1.29, 1.82) is 0 Å². The molecule has 122 valence electrons. The molecule has 2 heteroatoms. The van der Waals surface area contributed by atoms with Gasteiger partial charge in [-0.1, -0.05) is 96.0 Å². The fourth-order valence-electron chi connectivity index (χ4n) is 2.76. The fourth-order valence-corrected chi connectivity index (χ4v) is 2.76. The molecule has 1 unspecified atom stereocenters. The molecule has 1 aromatic carbocycles. The standard InChI is InChI=1S/C19H33N.BrH/c1-4-5-6-7-8-9-13-16-18(20)19(2,3)17-14-11-10-12-15-17;/h10-12,14-15,18H,4-9,13,16,20H2,1-3H3;1H. The highest BCUT2D eigenvalue weighted by Crippen LogP contribution is 2.28. The molecule has 0 spiro atoms. The minimum Gasteiger partial charge on any atom is -0.327 e. The number of rotatable bonds is 10. The third-order valence-electron chi connectivity index (χ3n) is 4.56. The highest BCUT2D eigenvalue weighted by Gasteiger charge is 2.27. The molecule has 2 N–H and O–H groups in total. The summed E-state index contributed by atoms with van der Waals surface area (Å²) in [5.74, 6) is 0. The summed E-state index contributed by atoms with van der Waals surface area (Å²) in [7, 11) is 0. The van der Waals surface area contributed by atoms with Gasteiger partial charge in [-0.15, -0.1) is 17.0 Å². The molecular formula is C19H34BrN. The van der Waals surface area contributed by atoms with Gasteiger partial charge in [0.25, 0.3) is 0 Å². The number of hydrogen-bond donors (Lipinski definition) is 1. The minimum atomic E-state index is 0. The van der Waals surface area contributed by atoms with E-state index in [4.69, 9.17) is 5.73 Å². The van der Waals surface area contributed by atoms with Crippen LogP contribution in [0.25, 0.3) is 0 Å². The van der Waals surface area contributed by atoms with Crippen LogP contribution < -0.4 is 5.73 Å². The summed E-state index contributed by atoms with van der Waals surface area (Å²) in [5.41, 5.74) is 7.88. The molecule has 0 saturated heterocycles. The van der Waals surface area contributed by atoms with E-state index in [1.807, 2.05) is 0 Å². The van der Waals surface area contributed by atoms with Crippen LogP contribution in [-0.2, 0) is 5.41 Å². The quantitative estimate of drug-likeness (QED) is 0.511. The Morgan fingerprint density at radius 2 is 1.43 bits per heavy atom. The monoisotopic (exact) mass is 355 g/mol. The van der Waals surface area contributed by atoms with Crippen molar-refractivity contribution in [1.82, 2.24) is 0 Å². The van der Waals surface area contributed by atoms with E-state index in [-0.39, 0.29) is 28.4 Å². The zero-order chi connectivity index (χ0) is 14.8. The summed E-state index contributed by atoms with van der Waals surface area (Å²) in [6.45, 7) is 6.81. The van der Waals surface area contributed by atoms with Gasteiger partial charge in [0.2, 0.25) is 0 Å². The van der Waals surface area contributed by atoms with E-state index in [0.29, 0.717) is 0 Å². The Labute approximate surface area is 142 Å². The molecule has 0 aliphatic heterocycles. The summed E-state index contributed by atoms with van der Waals surface area (Å²) in [6.07, 6.45) is 10.6. The Balaban J connectivity index is 0.00000400. The van der Waals surface area contributed by atoms with Gasteiger partial charge in [0, 0.05) is 11.5 Å². The van der Waals surface area contributed by atoms with Crippen LogP contribution in [0.4, 0.5) is 0 Å². The smallest absolute Gasteiger partial charge is 0.0131 e. The molecule has 1 atom stereocenters. The molecule has 0 fully saturated rings. The van der Waals surface area contributed by atoms with Gasteiger partial charge >= 0.3 is 0 Å². The SMILES string of the molecule is Br.CCCCCCCCCC(N)C(C)(C)c1ccccc1. The summed E-state index contributed by atoms with van der Waals surface area (Å²) in [6, 6.07) is 10.9. The van der Waals surface area contributed by atoms with Crippen molar-refractivity contribution < 1.29 is 0 Å². The van der Waals surface area contributed by atoms with Crippen LogP contribution in [0, 0.1) is 0 Å². The summed E-state index contributed by atoms with van der Waals surface area (Å²) in [4.78, 5) is 0. The molecule has 0 bridgehead atoms. The van der Waals surface area contributed by atoms with Gasteiger partial charge in [0.1, 0.15) is 0 Å². The summed E-state index contributed by atoms with van der Waals surface area (Å²) >= 11 is 0. The van der Waals surface area contributed by atoms with E-state index in [9.17, 15) is 0 Å². The van der Waals surface area contributed by atoms with Gasteiger partial charge in [0.05, 0.1) is 0 Å². The third kappa shape index (κ3) is 7.46. The molecule has 0 aromatic heterocycles. The lowest BCUT2D eigenvalue weighted by molar-refractivity contribution is 0.375. The minimum absolute atomic E-state index is 0. The van der Waals surface area contributed by atoms with E-state index in [0.717, 1.165) is 6.42 Å². The Morgan fingerprint density at radius 1 is 0.905 bits per heavy atom. The molecule has 0 radical (unpaired) electrons. The van der Waals surface area contributed by atoms with Gasteiger partial charge in [0.15, 0.2) is 0 Å². The van der Waals surface area contributed by atoms with Gasteiger partial charge in [-0.2, -0.15) is 0 Å². The third-order valence-corrected chi connectivity index (χ3v) is 4.56. The van der Waals surface area contributed by atoms with Crippen LogP contribution in [0.5, 0.6) is 0 Å². The lowest BCUT2D eigenvalue weighted by Gasteiger charge is -2.32. The second kappa shape index (κ2) is 11.3. The maximum atomic E-state index is 6.45. The molecule has 1 nitrogen and oxygen atoms in total. The normalized spacial score (nSPS) is 12.8. The molecule has 1 rings (SSSR count). The fraction of sp³-hybridized carbons (Fsp3) is 0.684. The van der Waals surface area contributed by atoms with Crippen molar-refractivity contribution in [3.63, 3.8) is 0 Å². The predicted octanol–water partition coefficient (Wildman–Crippen LogP) is 6.01. The highest BCUT2D eigenvalue weighted by molar-refractivity contribution is 8.93. The highest BCUT2D eigenvalue weighted by atomic mass is 79.9. The van der Waals surface area contributed by atoms with Gasteiger partial charge in [-0.05, 0) is 12.0 Å². The van der Waals surface area contributed by atoms with Crippen molar-refractivity contribution >= 4 is 17.0 Å². The molecule has 0 saturated carbocycles. The second-order valence-electron chi connectivity index (χ2n) is 6.60. The zero-order valence-electron chi connectivity index (χ0n) is 14.1. The molecule has 0 aliphatic rings. The van der Waals surface area contributed by atoms with E-state index in [2.05, 4.69) is 51.1 Å². The average molecular weight is 356 g/mol. The van der Waals surface area contributed by atoms with E-state index in [1.165, 1.54) is 50.5 Å². The Hall–Kier alpha value is -0.340. The van der Waals surface area contributed by atoms with Crippen molar-refractivity contribution in [3.05, 3.63) is 35.9 Å². The number of hydrogen-bond acceptors (Lipinski definition) is 1. The first-order valence-corrected chi connectivity index (χ1v) is 8.40. The molecule has 0 heterocycles. The number of halogens is 1. The Kier molecular flexibility index (Phi) is 11.1. The first-order valence-electron chi connectivity index (χ1n) is 8.40. The van der Waals surface area contributed by atoms with E-state index >= 15 is 0 Å². The first kappa shape index (κ1) is 20.7. The second-order valence-corrected chi connectivity index (χ2v) is 6.60. The van der Waals surface area contributed by atoms with E-state index in [1.54, 1.807) is 0 Å². The van der Waals surface area contributed by atoms with Crippen LogP contribution in [0.3, 0.4) is 0 Å². The van der Waals surface area contributed by atoms with Crippen molar-refractivity contribution in [3.8, 4) is 0 Å². The van der Waals surface area contributed by atoms with Crippen LogP contribution in [-0.4, -0.2) is 6.04 Å². The van der Waals surface area contributed by atoms with Crippen LogP contribution >= 0.6 is 17.0 Å². The van der Waals surface area contributed by atoms with Crippen molar-refractivity contribution in [2.45, 2.75) is 83.6 Å². The van der Waals surface area contributed by atoms with Gasteiger partial charge in [-0.3, -0.25) is 0 Å². The van der Waals surface area contributed by atoms with Gasteiger partial charge < -0.3 is 5.73 Å². The van der Waals surface area contributed by atoms with Crippen molar-refractivity contribution in [2.75, 3.05) is 0 Å². The lowest BCUT2D eigenvalue weighted by atomic mass is 9.76. The Bertz CT molecular complexity index is 348. The molecular weight excluding hydrogens is 322 g/mol. The maximum Gasteiger partial charge on any atom is 0.0131 e. The van der Waals surface area contributed by atoms with Crippen LogP contribution in [0.15, 0.2) is 30.3 Å². The number of nitrogens with two attached hydrogens (primary N) is 1. The summed E-state index contributed by atoms with van der Waals surface area (Å²) in [5, 5.41) is 0. The van der Waals surface area contributed by atoms with Gasteiger partial charge in [-0.25, -0.2) is 0 Å². The number of unbranched alkanes of at least 4 members (excludes halogenated alkanes) is 6.